The van der Waals surface area contributed by atoms with Gasteiger partial charge in [-0.15, -0.1) is 0 Å². The molecule has 3 heterocycles. The van der Waals surface area contributed by atoms with E-state index in [-0.39, 0.29) is 18.4 Å². The number of aromatic nitrogens is 2. The number of imidazole rings is 1. The fourth-order valence-electron chi connectivity index (χ4n) is 3.95. The third-order valence-corrected chi connectivity index (χ3v) is 5.35. The molecule has 1 N–H and O–H groups in total. The highest BCUT2D eigenvalue weighted by Gasteiger charge is 2.30. The van der Waals surface area contributed by atoms with Gasteiger partial charge in [-0.05, 0) is 25.2 Å². The van der Waals surface area contributed by atoms with E-state index in [1.807, 2.05) is 22.6 Å². The molecular weight excluding hydrogens is 320 g/mol. The molecule has 7 heteroatoms. The zero-order valence-corrected chi connectivity index (χ0v) is 15.1. The Morgan fingerprint density at radius 1 is 1.32 bits per heavy atom. The van der Waals surface area contributed by atoms with E-state index in [0.29, 0.717) is 25.4 Å². The Hall–Kier alpha value is -1.44. The maximum Gasteiger partial charge on any atom is 0.224 e. The van der Waals surface area contributed by atoms with Crippen LogP contribution in [0.3, 0.4) is 0 Å². The summed E-state index contributed by atoms with van der Waals surface area (Å²) in [6, 6.07) is 0. The lowest BCUT2D eigenvalue weighted by molar-refractivity contribution is -0.135. The van der Waals surface area contributed by atoms with Gasteiger partial charge in [0.1, 0.15) is 5.82 Å². The molecule has 2 atom stereocenters. The highest BCUT2D eigenvalue weighted by molar-refractivity contribution is 5.76. The molecule has 2 saturated heterocycles. The summed E-state index contributed by atoms with van der Waals surface area (Å²) < 4.78 is 7.42. The normalized spacial score (nSPS) is 25.3. The molecule has 140 valence electrons. The van der Waals surface area contributed by atoms with E-state index < -0.39 is 0 Å². The van der Waals surface area contributed by atoms with Crippen molar-refractivity contribution in [3.63, 3.8) is 0 Å². The topological polar surface area (TPSA) is 70.8 Å². The van der Waals surface area contributed by atoms with Crippen molar-refractivity contribution >= 4 is 5.91 Å². The van der Waals surface area contributed by atoms with E-state index in [4.69, 9.17) is 4.74 Å². The zero-order valence-electron chi connectivity index (χ0n) is 15.1. The summed E-state index contributed by atoms with van der Waals surface area (Å²) in [5.41, 5.74) is 0. The first-order chi connectivity index (χ1) is 12.2. The summed E-state index contributed by atoms with van der Waals surface area (Å²) in [6.45, 7) is 8.76. The van der Waals surface area contributed by atoms with Crippen molar-refractivity contribution in [1.29, 1.82) is 0 Å². The molecule has 0 bridgehead atoms. The second-order valence-electron chi connectivity index (χ2n) is 7.28. The minimum Gasteiger partial charge on any atom is -0.396 e. The van der Waals surface area contributed by atoms with Crippen molar-refractivity contribution in [3.05, 3.63) is 18.2 Å². The Morgan fingerprint density at radius 2 is 2.08 bits per heavy atom. The molecule has 2 aliphatic rings. The first-order valence-electron chi connectivity index (χ1n) is 9.32. The molecule has 0 aliphatic carbocycles. The minimum atomic E-state index is 0.157. The Bertz CT molecular complexity index is 556. The van der Waals surface area contributed by atoms with E-state index in [9.17, 15) is 9.90 Å². The average molecular weight is 350 g/mol. The second kappa shape index (κ2) is 8.78. The van der Waals surface area contributed by atoms with Gasteiger partial charge in [-0.2, -0.15) is 0 Å². The third-order valence-electron chi connectivity index (χ3n) is 5.35. The van der Waals surface area contributed by atoms with Crippen molar-refractivity contribution in [2.24, 2.45) is 11.8 Å². The Labute approximate surface area is 149 Å². The van der Waals surface area contributed by atoms with Crippen molar-refractivity contribution in [2.75, 3.05) is 52.5 Å². The zero-order chi connectivity index (χ0) is 17.6. The number of carbonyl (C=O) groups excluding carboxylic acids is 1. The van der Waals surface area contributed by atoms with Crippen molar-refractivity contribution in [1.82, 2.24) is 19.4 Å². The standard InChI is InChI=1S/C18H30N4O3/c1-15-19-3-5-21(15)4-2-18(24)22-12-16(10-17(13-22)14-23)11-20-6-8-25-9-7-20/h3,5,16-17,23H,2,4,6-14H2,1H3/t16-,17-/m0/s1. The number of hydrogen-bond donors (Lipinski definition) is 1. The van der Waals surface area contributed by atoms with Crippen LogP contribution in [0.4, 0.5) is 0 Å². The quantitative estimate of drug-likeness (QED) is 0.803. The summed E-state index contributed by atoms with van der Waals surface area (Å²) >= 11 is 0. The molecule has 0 aromatic carbocycles. The first-order valence-corrected chi connectivity index (χ1v) is 9.32. The fraction of sp³-hybridized carbons (Fsp3) is 0.778. The maximum atomic E-state index is 12.7. The van der Waals surface area contributed by atoms with Crippen molar-refractivity contribution in [2.45, 2.75) is 26.3 Å². The van der Waals surface area contributed by atoms with Crippen LogP contribution < -0.4 is 0 Å². The number of rotatable bonds is 6. The van der Waals surface area contributed by atoms with E-state index in [0.717, 1.165) is 51.6 Å². The van der Waals surface area contributed by atoms with Crippen LogP contribution in [0.25, 0.3) is 0 Å². The number of ether oxygens (including phenoxy) is 1. The highest BCUT2D eigenvalue weighted by Crippen LogP contribution is 2.23. The van der Waals surface area contributed by atoms with Gasteiger partial charge in [-0.3, -0.25) is 9.69 Å². The van der Waals surface area contributed by atoms with Crippen LogP contribution in [-0.4, -0.2) is 82.9 Å². The second-order valence-corrected chi connectivity index (χ2v) is 7.28. The Balaban J connectivity index is 1.53. The molecule has 1 aromatic rings. The molecule has 2 aliphatic heterocycles. The summed E-state index contributed by atoms with van der Waals surface area (Å²) in [5.74, 6) is 1.74. The van der Waals surface area contributed by atoms with Crippen LogP contribution in [0.2, 0.25) is 0 Å². The van der Waals surface area contributed by atoms with Crippen LogP contribution in [0.1, 0.15) is 18.7 Å². The number of morpholine rings is 1. The number of aliphatic hydroxyl groups excluding tert-OH is 1. The van der Waals surface area contributed by atoms with Gasteiger partial charge in [0.25, 0.3) is 0 Å². The molecule has 25 heavy (non-hydrogen) atoms. The smallest absolute Gasteiger partial charge is 0.224 e. The number of aryl methyl sites for hydroxylation is 2. The summed E-state index contributed by atoms with van der Waals surface area (Å²) in [6.07, 6.45) is 5.16. The number of carbonyl (C=O) groups is 1. The van der Waals surface area contributed by atoms with E-state index >= 15 is 0 Å². The van der Waals surface area contributed by atoms with E-state index in [1.165, 1.54) is 0 Å². The van der Waals surface area contributed by atoms with Gasteiger partial charge < -0.3 is 19.3 Å². The maximum absolute atomic E-state index is 12.7. The lowest BCUT2D eigenvalue weighted by Gasteiger charge is -2.40. The average Bonchev–Trinajstić information content (AvgIpc) is 3.05. The molecule has 0 saturated carbocycles. The van der Waals surface area contributed by atoms with Crippen molar-refractivity contribution in [3.8, 4) is 0 Å². The summed E-state index contributed by atoms with van der Waals surface area (Å²) in [7, 11) is 0. The largest absolute Gasteiger partial charge is 0.396 e. The lowest BCUT2D eigenvalue weighted by atomic mass is 9.89. The number of aliphatic hydroxyl groups is 1. The van der Waals surface area contributed by atoms with Gasteiger partial charge in [-0.25, -0.2) is 4.98 Å². The number of amides is 1. The SMILES string of the molecule is Cc1nccn1CCC(=O)N1C[C@@H](CO)C[C@@H](CN2CCOCC2)C1. The molecule has 0 unspecified atom stereocenters. The molecule has 1 amide bonds. The molecule has 7 nitrogen and oxygen atoms in total. The van der Waals surface area contributed by atoms with Crippen LogP contribution in [0.15, 0.2) is 12.4 Å². The van der Waals surface area contributed by atoms with Gasteiger partial charge in [0.2, 0.25) is 5.91 Å². The van der Waals surface area contributed by atoms with Gasteiger partial charge in [0, 0.05) is 64.7 Å². The highest BCUT2D eigenvalue weighted by atomic mass is 16.5. The molecule has 2 fully saturated rings. The summed E-state index contributed by atoms with van der Waals surface area (Å²) in [5, 5.41) is 9.65. The fourth-order valence-corrected chi connectivity index (χ4v) is 3.95. The third kappa shape index (κ3) is 5.03. The predicted octanol–water partition coefficient (Wildman–Crippen LogP) is 0.371. The number of piperidine rings is 1. The van der Waals surface area contributed by atoms with Crippen LogP contribution in [0.5, 0.6) is 0 Å². The Kier molecular flexibility index (Phi) is 6.45. The Morgan fingerprint density at radius 3 is 2.76 bits per heavy atom. The number of likely N-dealkylation sites (tertiary alicyclic amines) is 1. The number of hydrogen-bond acceptors (Lipinski definition) is 5. The predicted molar refractivity (Wildman–Crippen MR) is 94.1 cm³/mol. The van der Waals surface area contributed by atoms with Crippen LogP contribution >= 0.6 is 0 Å². The van der Waals surface area contributed by atoms with Gasteiger partial charge in [0.15, 0.2) is 0 Å². The molecule has 3 rings (SSSR count). The number of nitrogens with zero attached hydrogens (tertiary/aromatic N) is 4. The van der Waals surface area contributed by atoms with Gasteiger partial charge in [0.05, 0.1) is 13.2 Å². The molecular formula is C18H30N4O3. The van der Waals surface area contributed by atoms with Gasteiger partial charge >= 0.3 is 0 Å². The van der Waals surface area contributed by atoms with Crippen molar-refractivity contribution < 1.29 is 14.6 Å². The van der Waals surface area contributed by atoms with Crippen LogP contribution in [-0.2, 0) is 16.1 Å². The van der Waals surface area contributed by atoms with E-state index in [2.05, 4.69) is 9.88 Å². The molecule has 0 spiro atoms. The van der Waals surface area contributed by atoms with Crippen LogP contribution in [0, 0.1) is 18.8 Å². The van der Waals surface area contributed by atoms with E-state index in [1.54, 1.807) is 6.20 Å². The molecule has 0 radical (unpaired) electrons. The first kappa shape index (κ1) is 18.4. The van der Waals surface area contributed by atoms with Gasteiger partial charge in [-0.1, -0.05) is 0 Å². The monoisotopic (exact) mass is 350 g/mol. The minimum absolute atomic E-state index is 0.157. The molecule has 1 aromatic heterocycles. The summed E-state index contributed by atoms with van der Waals surface area (Å²) in [4.78, 5) is 21.3. The lowest BCUT2D eigenvalue weighted by Crippen LogP contribution is -2.49.